The molecule has 162 valence electrons. The molecule has 0 spiro atoms. The standard InChI is InChI=1S/C19H24N4O7/c1-19(2,3)30-17(25)13(11-24)20-9-10-22(18(26)27)15-7-6-14(23(28)29)12-5-4-8-21-16(12)15/h4-8,13,20,24H,9-11H2,1-3H3,(H,26,27). The van der Waals surface area contributed by atoms with Crippen LogP contribution in [-0.2, 0) is 9.53 Å². The summed E-state index contributed by atoms with van der Waals surface area (Å²) >= 11 is 0. The number of non-ortho nitro benzene ring substituents is 1. The first-order chi connectivity index (χ1) is 14.0. The molecule has 11 heteroatoms. The van der Waals surface area contributed by atoms with Crippen molar-refractivity contribution < 1.29 is 29.5 Å². The molecule has 11 nitrogen and oxygen atoms in total. The van der Waals surface area contributed by atoms with E-state index in [2.05, 4.69) is 10.3 Å². The summed E-state index contributed by atoms with van der Waals surface area (Å²) < 4.78 is 5.21. The van der Waals surface area contributed by atoms with E-state index in [0.717, 1.165) is 4.90 Å². The van der Waals surface area contributed by atoms with Gasteiger partial charge in [0.1, 0.15) is 17.2 Å². The number of rotatable bonds is 8. The zero-order valence-electron chi connectivity index (χ0n) is 16.9. The van der Waals surface area contributed by atoms with Gasteiger partial charge in [0.25, 0.3) is 5.69 Å². The molecule has 2 aromatic rings. The van der Waals surface area contributed by atoms with Gasteiger partial charge < -0.3 is 20.3 Å². The summed E-state index contributed by atoms with van der Waals surface area (Å²) in [5.41, 5.74) is -0.582. The average Bonchev–Trinajstić information content (AvgIpc) is 2.65. The molecule has 0 saturated carbocycles. The van der Waals surface area contributed by atoms with E-state index < -0.39 is 35.2 Å². The number of fused-ring (bicyclic) bond motifs is 1. The van der Waals surface area contributed by atoms with Gasteiger partial charge in [-0.2, -0.15) is 0 Å². The maximum atomic E-state index is 12.1. The highest BCUT2D eigenvalue weighted by Gasteiger charge is 2.26. The summed E-state index contributed by atoms with van der Waals surface area (Å²) in [6.07, 6.45) is 0.119. The Bertz CT molecular complexity index is 942. The number of ether oxygens (including phenoxy) is 1. The van der Waals surface area contributed by atoms with Crippen LogP contribution in [0.15, 0.2) is 30.5 Å². The molecule has 1 atom stereocenters. The third-order valence-electron chi connectivity index (χ3n) is 4.04. The number of esters is 1. The molecule has 1 aromatic carbocycles. The monoisotopic (exact) mass is 420 g/mol. The zero-order chi connectivity index (χ0) is 22.5. The van der Waals surface area contributed by atoms with E-state index in [0.29, 0.717) is 0 Å². The van der Waals surface area contributed by atoms with Crippen molar-refractivity contribution in [2.75, 3.05) is 24.6 Å². The molecule has 1 unspecified atom stereocenters. The Morgan fingerprint density at radius 1 is 1.33 bits per heavy atom. The number of nitro groups is 1. The van der Waals surface area contributed by atoms with Gasteiger partial charge in [-0.3, -0.25) is 24.8 Å². The van der Waals surface area contributed by atoms with Gasteiger partial charge in [-0.15, -0.1) is 0 Å². The van der Waals surface area contributed by atoms with Crippen molar-refractivity contribution in [1.82, 2.24) is 10.3 Å². The van der Waals surface area contributed by atoms with Crippen molar-refractivity contribution >= 4 is 34.3 Å². The number of nitro benzene ring substituents is 1. The SMILES string of the molecule is CC(C)(C)OC(=O)C(CO)NCCN(C(=O)O)c1ccc([N+](=O)[O-])c2cccnc12. The molecule has 0 aliphatic carbocycles. The highest BCUT2D eigenvalue weighted by Crippen LogP contribution is 2.32. The predicted octanol–water partition coefficient (Wildman–Crippen LogP) is 1.92. The summed E-state index contributed by atoms with van der Waals surface area (Å²) in [5, 5.41) is 33.3. The van der Waals surface area contributed by atoms with E-state index in [1.54, 1.807) is 20.8 Å². The van der Waals surface area contributed by atoms with Crippen LogP contribution in [-0.4, -0.2) is 63.5 Å². The normalized spacial score (nSPS) is 12.4. The maximum absolute atomic E-state index is 12.1. The molecular weight excluding hydrogens is 396 g/mol. The summed E-state index contributed by atoms with van der Waals surface area (Å²) in [6.45, 7) is 4.47. The molecule has 0 fully saturated rings. The molecule has 0 aliphatic rings. The van der Waals surface area contributed by atoms with Crippen molar-refractivity contribution in [3.05, 3.63) is 40.6 Å². The second-order valence-corrected chi connectivity index (χ2v) is 7.42. The van der Waals surface area contributed by atoms with Crippen LogP contribution in [0.25, 0.3) is 10.9 Å². The zero-order valence-corrected chi connectivity index (χ0v) is 16.9. The third-order valence-corrected chi connectivity index (χ3v) is 4.04. The van der Waals surface area contributed by atoms with Gasteiger partial charge in [0.05, 0.1) is 22.6 Å². The summed E-state index contributed by atoms with van der Waals surface area (Å²) in [6, 6.07) is 4.54. The van der Waals surface area contributed by atoms with Crippen LogP contribution < -0.4 is 10.2 Å². The van der Waals surface area contributed by atoms with Gasteiger partial charge in [-0.05, 0) is 39.0 Å². The molecule has 1 amide bonds. The van der Waals surface area contributed by atoms with Gasteiger partial charge in [-0.25, -0.2) is 4.79 Å². The summed E-state index contributed by atoms with van der Waals surface area (Å²) in [4.78, 5) is 39.7. The number of amides is 1. The van der Waals surface area contributed by atoms with E-state index in [1.165, 1.54) is 30.5 Å². The molecule has 0 radical (unpaired) electrons. The number of anilines is 1. The number of carbonyl (C=O) groups excluding carboxylic acids is 1. The van der Waals surface area contributed by atoms with Crippen molar-refractivity contribution in [3.8, 4) is 0 Å². The first-order valence-corrected chi connectivity index (χ1v) is 9.15. The lowest BCUT2D eigenvalue weighted by atomic mass is 10.1. The Morgan fingerprint density at radius 3 is 2.60 bits per heavy atom. The van der Waals surface area contributed by atoms with Crippen LogP contribution in [0.2, 0.25) is 0 Å². The van der Waals surface area contributed by atoms with Crippen molar-refractivity contribution in [2.24, 2.45) is 0 Å². The number of hydrogen-bond acceptors (Lipinski definition) is 8. The van der Waals surface area contributed by atoms with Crippen LogP contribution in [0.4, 0.5) is 16.2 Å². The highest BCUT2D eigenvalue weighted by molar-refractivity contribution is 6.02. The number of nitrogens with zero attached hydrogens (tertiary/aromatic N) is 3. The fraction of sp³-hybridized carbons (Fsp3) is 0.421. The molecule has 2 rings (SSSR count). The van der Waals surface area contributed by atoms with Gasteiger partial charge in [-0.1, -0.05) is 0 Å². The molecule has 3 N–H and O–H groups in total. The van der Waals surface area contributed by atoms with Crippen molar-refractivity contribution in [2.45, 2.75) is 32.4 Å². The molecular formula is C19H24N4O7. The Kier molecular flexibility index (Phi) is 7.24. The van der Waals surface area contributed by atoms with Crippen molar-refractivity contribution in [3.63, 3.8) is 0 Å². The number of aromatic nitrogens is 1. The molecule has 0 bridgehead atoms. The Morgan fingerprint density at radius 2 is 2.03 bits per heavy atom. The minimum Gasteiger partial charge on any atom is -0.465 e. The fourth-order valence-electron chi connectivity index (χ4n) is 2.78. The topological polar surface area (TPSA) is 155 Å². The van der Waals surface area contributed by atoms with Crippen LogP contribution in [0, 0.1) is 10.1 Å². The highest BCUT2D eigenvalue weighted by atomic mass is 16.6. The minimum atomic E-state index is -1.30. The minimum absolute atomic E-state index is 0.0160. The molecule has 30 heavy (non-hydrogen) atoms. The maximum Gasteiger partial charge on any atom is 0.411 e. The Balaban J connectivity index is 2.21. The van der Waals surface area contributed by atoms with Crippen LogP contribution in [0.1, 0.15) is 20.8 Å². The molecule has 0 aliphatic heterocycles. The third kappa shape index (κ3) is 5.61. The lowest BCUT2D eigenvalue weighted by Crippen LogP contribution is -2.47. The predicted molar refractivity (Wildman–Crippen MR) is 108 cm³/mol. The number of carboxylic acid groups (broad SMARTS) is 1. The summed E-state index contributed by atoms with van der Waals surface area (Å²) in [7, 11) is 0. The smallest absolute Gasteiger partial charge is 0.411 e. The number of aliphatic hydroxyl groups excluding tert-OH is 1. The van der Waals surface area contributed by atoms with Crippen LogP contribution in [0.5, 0.6) is 0 Å². The number of pyridine rings is 1. The van der Waals surface area contributed by atoms with Gasteiger partial charge in [0.15, 0.2) is 0 Å². The Labute approximate surface area is 172 Å². The van der Waals surface area contributed by atoms with E-state index in [-0.39, 0.29) is 35.4 Å². The van der Waals surface area contributed by atoms with E-state index in [9.17, 15) is 29.9 Å². The second-order valence-electron chi connectivity index (χ2n) is 7.42. The summed E-state index contributed by atoms with van der Waals surface area (Å²) in [5.74, 6) is -0.658. The largest absolute Gasteiger partial charge is 0.465 e. The number of hydrogen-bond donors (Lipinski definition) is 3. The number of benzene rings is 1. The van der Waals surface area contributed by atoms with Crippen LogP contribution >= 0.6 is 0 Å². The molecule has 0 saturated heterocycles. The quantitative estimate of drug-likeness (QED) is 0.330. The Hall–Kier alpha value is -3.31. The first-order valence-electron chi connectivity index (χ1n) is 9.15. The lowest BCUT2D eigenvalue weighted by molar-refractivity contribution is -0.383. The van der Waals surface area contributed by atoms with E-state index in [4.69, 9.17) is 4.74 Å². The fourth-order valence-corrected chi connectivity index (χ4v) is 2.78. The van der Waals surface area contributed by atoms with Gasteiger partial charge in [0, 0.05) is 25.4 Å². The lowest BCUT2D eigenvalue weighted by Gasteiger charge is -2.25. The van der Waals surface area contributed by atoms with Gasteiger partial charge >= 0.3 is 12.1 Å². The van der Waals surface area contributed by atoms with Gasteiger partial charge in [0.2, 0.25) is 0 Å². The van der Waals surface area contributed by atoms with E-state index in [1.807, 2.05) is 0 Å². The second kappa shape index (κ2) is 9.46. The average molecular weight is 420 g/mol. The van der Waals surface area contributed by atoms with E-state index >= 15 is 0 Å². The molecule has 1 aromatic heterocycles. The van der Waals surface area contributed by atoms with Crippen molar-refractivity contribution in [1.29, 1.82) is 0 Å². The number of carbonyl (C=O) groups is 2. The first kappa shape index (κ1) is 23.0. The number of aliphatic hydroxyl groups is 1. The number of nitrogens with one attached hydrogen (secondary N) is 1. The van der Waals surface area contributed by atoms with Crippen LogP contribution in [0.3, 0.4) is 0 Å². The molecule has 1 heterocycles.